The Bertz CT molecular complexity index is 615. The standard InChI is InChI=1S/C17H21NO5/c19-16(20)12-7-8-14(18(21)22)15(11-12)23-17(9-3-4-10-17)13-5-1-2-6-13/h7-8,11,13H,1-6,9-10H2,(H,19,20). The van der Waals surface area contributed by atoms with Crippen LogP contribution in [-0.4, -0.2) is 21.6 Å². The molecule has 23 heavy (non-hydrogen) atoms. The Labute approximate surface area is 134 Å². The number of nitro groups is 1. The molecule has 2 aliphatic rings. The van der Waals surface area contributed by atoms with Gasteiger partial charge in [-0.3, -0.25) is 10.1 Å². The monoisotopic (exact) mass is 319 g/mol. The van der Waals surface area contributed by atoms with Gasteiger partial charge in [0.15, 0.2) is 5.75 Å². The number of aromatic carboxylic acids is 1. The first kappa shape index (κ1) is 15.8. The zero-order valence-electron chi connectivity index (χ0n) is 13.0. The molecule has 0 aliphatic heterocycles. The maximum Gasteiger partial charge on any atom is 0.335 e. The van der Waals surface area contributed by atoms with Crippen LogP contribution >= 0.6 is 0 Å². The largest absolute Gasteiger partial charge is 0.480 e. The highest BCUT2D eigenvalue weighted by Gasteiger charge is 2.45. The van der Waals surface area contributed by atoms with Gasteiger partial charge in [0.1, 0.15) is 5.60 Å². The van der Waals surface area contributed by atoms with E-state index in [4.69, 9.17) is 9.84 Å². The van der Waals surface area contributed by atoms with E-state index in [1.165, 1.54) is 31.0 Å². The van der Waals surface area contributed by atoms with Crippen molar-refractivity contribution < 1.29 is 19.6 Å². The second-order valence-corrected chi connectivity index (χ2v) is 6.60. The number of carbonyl (C=O) groups is 1. The first-order chi connectivity index (χ1) is 11.0. The molecule has 0 radical (unpaired) electrons. The molecule has 2 saturated carbocycles. The average molecular weight is 319 g/mol. The van der Waals surface area contributed by atoms with Crippen molar-refractivity contribution in [3.63, 3.8) is 0 Å². The van der Waals surface area contributed by atoms with Gasteiger partial charge in [-0.05, 0) is 50.5 Å². The third-order valence-corrected chi connectivity index (χ3v) is 5.27. The Morgan fingerprint density at radius 3 is 2.43 bits per heavy atom. The summed E-state index contributed by atoms with van der Waals surface area (Å²) in [6.07, 6.45) is 8.43. The molecule has 0 amide bonds. The molecule has 1 N–H and O–H groups in total. The summed E-state index contributed by atoms with van der Waals surface area (Å²) in [4.78, 5) is 22.0. The van der Waals surface area contributed by atoms with Crippen molar-refractivity contribution in [1.82, 2.24) is 0 Å². The van der Waals surface area contributed by atoms with Gasteiger partial charge in [0.2, 0.25) is 0 Å². The summed E-state index contributed by atoms with van der Waals surface area (Å²) in [7, 11) is 0. The summed E-state index contributed by atoms with van der Waals surface area (Å²) in [5.41, 5.74) is -0.497. The first-order valence-electron chi connectivity index (χ1n) is 8.23. The van der Waals surface area contributed by atoms with Crippen LogP contribution in [0.2, 0.25) is 0 Å². The highest BCUT2D eigenvalue weighted by atomic mass is 16.6. The van der Waals surface area contributed by atoms with Crippen molar-refractivity contribution in [3.8, 4) is 5.75 Å². The minimum Gasteiger partial charge on any atom is -0.480 e. The van der Waals surface area contributed by atoms with Crippen LogP contribution in [0.4, 0.5) is 5.69 Å². The van der Waals surface area contributed by atoms with Gasteiger partial charge in [0, 0.05) is 12.1 Å². The summed E-state index contributed by atoms with van der Waals surface area (Å²) >= 11 is 0. The van der Waals surface area contributed by atoms with E-state index in [1.54, 1.807) is 0 Å². The Morgan fingerprint density at radius 2 is 1.87 bits per heavy atom. The molecule has 2 aliphatic carbocycles. The topological polar surface area (TPSA) is 89.7 Å². The molecule has 6 heteroatoms. The van der Waals surface area contributed by atoms with Gasteiger partial charge < -0.3 is 9.84 Å². The quantitative estimate of drug-likeness (QED) is 0.649. The predicted octanol–water partition coefficient (Wildman–Crippen LogP) is 4.17. The summed E-state index contributed by atoms with van der Waals surface area (Å²) in [6, 6.07) is 3.79. The Kier molecular flexibility index (Phi) is 4.24. The molecule has 0 atom stereocenters. The molecule has 1 aromatic carbocycles. The van der Waals surface area contributed by atoms with E-state index in [2.05, 4.69) is 0 Å². The number of nitrogens with zero attached hydrogens (tertiary/aromatic N) is 1. The summed E-state index contributed by atoms with van der Waals surface area (Å²) in [6.45, 7) is 0. The van der Waals surface area contributed by atoms with Crippen LogP contribution in [0.25, 0.3) is 0 Å². The van der Waals surface area contributed by atoms with Crippen LogP contribution < -0.4 is 4.74 Å². The molecule has 6 nitrogen and oxygen atoms in total. The number of carboxylic acid groups (broad SMARTS) is 1. The average Bonchev–Trinajstić information content (AvgIpc) is 3.18. The van der Waals surface area contributed by atoms with E-state index in [1.807, 2.05) is 0 Å². The summed E-state index contributed by atoms with van der Waals surface area (Å²) < 4.78 is 6.23. The Morgan fingerprint density at radius 1 is 1.22 bits per heavy atom. The highest BCUT2D eigenvalue weighted by molar-refractivity contribution is 5.88. The number of benzene rings is 1. The van der Waals surface area contributed by atoms with Crippen molar-refractivity contribution in [2.45, 2.75) is 57.0 Å². The van der Waals surface area contributed by atoms with Crippen LogP contribution in [0.15, 0.2) is 18.2 Å². The van der Waals surface area contributed by atoms with Crippen molar-refractivity contribution >= 4 is 11.7 Å². The highest BCUT2D eigenvalue weighted by Crippen LogP contribution is 2.48. The maximum absolute atomic E-state index is 11.3. The minimum absolute atomic E-state index is 0.0187. The lowest BCUT2D eigenvalue weighted by atomic mass is 9.84. The van der Waals surface area contributed by atoms with Crippen molar-refractivity contribution in [3.05, 3.63) is 33.9 Å². The summed E-state index contributed by atoms with van der Waals surface area (Å²) in [5.74, 6) is -0.590. The molecule has 0 unspecified atom stereocenters. The van der Waals surface area contributed by atoms with Gasteiger partial charge in [-0.2, -0.15) is 0 Å². The SMILES string of the molecule is O=C(O)c1ccc([N+](=O)[O-])c(OC2(C3CCCC3)CCCC2)c1. The lowest BCUT2D eigenvalue weighted by molar-refractivity contribution is -0.386. The number of carboxylic acids is 1. The van der Waals surface area contributed by atoms with Crippen molar-refractivity contribution in [1.29, 1.82) is 0 Å². The molecular formula is C17H21NO5. The predicted molar refractivity (Wildman–Crippen MR) is 83.8 cm³/mol. The van der Waals surface area contributed by atoms with E-state index in [0.29, 0.717) is 5.92 Å². The molecule has 0 heterocycles. The molecule has 1 aromatic rings. The molecule has 0 saturated heterocycles. The normalized spacial score (nSPS) is 20.5. The second kappa shape index (κ2) is 6.18. The van der Waals surface area contributed by atoms with Crippen molar-refractivity contribution in [2.75, 3.05) is 0 Å². The minimum atomic E-state index is -1.11. The third-order valence-electron chi connectivity index (χ3n) is 5.27. The van der Waals surface area contributed by atoms with Crippen molar-refractivity contribution in [2.24, 2.45) is 5.92 Å². The van der Waals surface area contributed by atoms with Crippen LogP contribution in [0.3, 0.4) is 0 Å². The zero-order chi connectivity index (χ0) is 16.4. The van der Waals surface area contributed by atoms with Crippen LogP contribution in [0, 0.1) is 16.0 Å². The second-order valence-electron chi connectivity index (χ2n) is 6.60. The van der Waals surface area contributed by atoms with Gasteiger partial charge in [-0.15, -0.1) is 0 Å². The third kappa shape index (κ3) is 3.02. The lowest BCUT2D eigenvalue weighted by Gasteiger charge is -2.36. The van der Waals surface area contributed by atoms with E-state index in [9.17, 15) is 14.9 Å². The first-order valence-corrected chi connectivity index (χ1v) is 8.23. The molecule has 124 valence electrons. The van der Waals surface area contributed by atoms with Gasteiger partial charge in [-0.25, -0.2) is 4.79 Å². The molecule has 0 aromatic heterocycles. The van der Waals surface area contributed by atoms with Gasteiger partial charge in [0.25, 0.3) is 0 Å². The Balaban J connectivity index is 1.97. The zero-order valence-corrected chi connectivity index (χ0v) is 13.0. The fourth-order valence-corrected chi connectivity index (χ4v) is 4.12. The van der Waals surface area contributed by atoms with E-state index >= 15 is 0 Å². The molecule has 0 bridgehead atoms. The van der Waals surface area contributed by atoms with E-state index < -0.39 is 10.9 Å². The van der Waals surface area contributed by atoms with E-state index in [-0.39, 0.29) is 22.6 Å². The summed E-state index contributed by atoms with van der Waals surface area (Å²) in [5, 5.41) is 20.4. The van der Waals surface area contributed by atoms with Crippen LogP contribution in [0.5, 0.6) is 5.75 Å². The number of rotatable bonds is 5. The molecule has 0 spiro atoms. The van der Waals surface area contributed by atoms with Gasteiger partial charge in [-0.1, -0.05) is 12.8 Å². The molecular weight excluding hydrogens is 298 g/mol. The lowest BCUT2D eigenvalue weighted by Crippen LogP contribution is -2.40. The van der Waals surface area contributed by atoms with E-state index in [0.717, 1.165) is 38.5 Å². The number of hydrogen-bond donors (Lipinski definition) is 1. The van der Waals surface area contributed by atoms with Gasteiger partial charge in [0.05, 0.1) is 10.5 Å². The Hall–Kier alpha value is -2.11. The maximum atomic E-state index is 11.3. The molecule has 2 fully saturated rings. The van der Waals surface area contributed by atoms with Crippen LogP contribution in [-0.2, 0) is 0 Å². The fourth-order valence-electron chi connectivity index (χ4n) is 4.12. The van der Waals surface area contributed by atoms with Crippen LogP contribution in [0.1, 0.15) is 61.7 Å². The number of ether oxygens (including phenoxy) is 1. The molecule has 3 rings (SSSR count). The number of nitro benzene ring substituents is 1. The van der Waals surface area contributed by atoms with Gasteiger partial charge >= 0.3 is 11.7 Å². The number of hydrogen-bond acceptors (Lipinski definition) is 4. The fraction of sp³-hybridized carbons (Fsp3) is 0.588. The smallest absolute Gasteiger partial charge is 0.335 e.